The number of carbonyl (C=O) groups excluding carboxylic acids is 2. The Morgan fingerprint density at radius 2 is 1.52 bits per heavy atom. The number of rotatable bonds is 5. The van der Waals surface area contributed by atoms with Crippen molar-refractivity contribution in [2.75, 3.05) is 11.9 Å². The Hall–Kier alpha value is -2.56. The van der Waals surface area contributed by atoms with E-state index in [4.69, 9.17) is 4.74 Å². The molecule has 0 fully saturated rings. The van der Waals surface area contributed by atoms with Crippen molar-refractivity contribution in [3.63, 3.8) is 0 Å². The number of nitrogens with one attached hydrogen (secondary N) is 1. The number of ether oxygens (including phenoxy) is 1. The number of amides is 1. The molecule has 0 aliphatic rings. The zero-order chi connectivity index (χ0) is 22.0. The van der Waals surface area contributed by atoms with E-state index in [0.717, 1.165) is 11.3 Å². The number of carbonyl (C=O) groups is 2. The molecule has 158 valence electrons. The number of aryl methyl sites for hydroxylation is 1. The van der Waals surface area contributed by atoms with Crippen LogP contribution in [0.25, 0.3) is 0 Å². The fourth-order valence-corrected chi connectivity index (χ4v) is 3.31. The van der Waals surface area contributed by atoms with Gasteiger partial charge in [0.05, 0.1) is 23.3 Å². The van der Waals surface area contributed by atoms with E-state index in [0.29, 0.717) is 23.4 Å². The van der Waals surface area contributed by atoms with Crippen LogP contribution in [0.5, 0.6) is 0 Å². The molecule has 1 N–H and O–H groups in total. The van der Waals surface area contributed by atoms with Crippen LogP contribution in [0.15, 0.2) is 24.3 Å². The van der Waals surface area contributed by atoms with Crippen molar-refractivity contribution >= 4 is 28.2 Å². The van der Waals surface area contributed by atoms with E-state index in [-0.39, 0.29) is 23.2 Å². The summed E-state index contributed by atoms with van der Waals surface area (Å²) in [5, 5.41) is 2.20. The molecule has 0 aliphatic carbocycles. The van der Waals surface area contributed by atoms with Crippen LogP contribution in [0, 0.1) is 0 Å². The van der Waals surface area contributed by atoms with Gasteiger partial charge in [-0.2, -0.15) is 26.3 Å². The molecule has 29 heavy (non-hydrogen) atoms. The highest BCUT2D eigenvalue weighted by Gasteiger charge is 2.37. The SMILES string of the molecule is CCOC(=O)c1cc(CC)sc1NC(=O)c1cc(C(F)(F)F)cc(C(F)(F)F)c1. The lowest BCUT2D eigenvalue weighted by molar-refractivity contribution is -0.143. The number of halogens is 6. The van der Waals surface area contributed by atoms with Crippen molar-refractivity contribution < 1.29 is 40.7 Å². The maximum Gasteiger partial charge on any atom is 0.416 e. The largest absolute Gasteiger partial charge is 0.462 e. The molecule has 2 aromatic rings. The monoisotopic (exact) mass is 439 g/mol. The van der Waals surface area contributed by atoms with Crippen molar-refractivity contribution in [3.05, 3.63) is 51.4 Å². The first-order chi connectivity index (χ1) is 13.4. The Morgan fingerprint density at radius 3 is 1.97 bits per heavy atom. The van der Waals surface area contributed by atoms with Gasteiger partial charge in [0.1, 0.15) is 5.00 Å². The third kappa shape index (κ3) is 5.49. The van der Waals surface area contributed by atoms with E-state index in [2.05, 4.69) is 5.32 Å². The lowest BCUT2D eigenvalue weighted by atomic mass is 10.0. The van der Waals surface area contributed by atoms with Gasteiger partial charge in [-0.3, -0.25) is 4.79 Å². The highest BCUT2D eigenvalue weighted by atomic mass is 32.1. The van der Waals surface area contributed by atoms with Crippen LogP contribution in [0.2, 0.25) is 0 Å². The summed E-state index contributed by atoms with van der Waals surface area (Å²) < 4.78 is 82.7. The van der Waals surface area contributed by atoms with E-state index < -0.39 is 40.9 Å². The number of benzene rings is 1. The molecule has 1 amide bonds. The molecule has 0 spiro atoms. The minimum Gasteiger partial charge on any atom is -0.462 e. The lowest BCUT2D eigenvalue weighted by Crippen LogP contribution is -2.18. The number of anilines is 1. The van der Waals surface area contributed by atoms with Gasteiger partial charge in [0.25, 0.3) is 5.91 Å². The number of hydrogen-bond donors (Lipinski definition) is 1. The second kappa shape index (κ2) is 8.44. The molecule has 0 unspecified atom stereocenters. The number of hydrogen-bond acceptors (Lipinski definition) is 4. The average Bonchev–Trinajstić information content (AvgIpc) is 3.03. The summed E-state index contributed by atoms with van der Waals surface area (Å²) in [6, 6.07) is 2.03. The van der Waals surface area contributed by atoms with E-state index in [1.54, 1.807) is 13.8 Å². The Morgan fingerprint density at radius 1 is 0.966 bits per heavy atom. The normalized spacial score (nSPS) is 12.0. The number of esters is 1. The maximum absolute atomic E-state index is 13.0. The fraction of sp³-hybridized carbons (Fsp3) is 0.333. The molecule has 0 bridgehead atoms. The van der Waals surface area contributed by atoms with Gasteiger partial charge < -0.3 is 10.1 Å². The quantitative estimate of drug-likeness (QED) is 0.475. The average molecular weight is 439 g/mol. The highest BCUT2D eigenvalue weighted by molar-refractivity contribution is 7.16. The predicted molar refractivity (Wildman–Crippen MR) is 94.1 cm³/mol. The van der Waals surface area contributed by atoms with Gasteiger partial charge in [-0.1, -0.05) is 6.92 Å². The minimum atomic E-state index is -5.08. The van der Waals surface area contributed by atoms with Gasteiger partial charge >= 0.3 is 18.3 Å². The van der Waals surface area contributed by atoms with Crippen molar-refractivity contribution in [2.45, 2.75) is 32.6 Å². The molecular formula is C18H15F6NO3S. The Kier molecular flexibility index (Phi) is 6.61. The highest BCUT2D eigenvalue weighted by Crippen LogP contribution is 2.37. The summed E-state index contributed by atoms with van der Waals surface area (Å²) in [6.45, 7) is 3.38. The van der Waals surface area contributed by atoms with Gasteiger partial charge in [0.15, 0.2) is 0 Å². The minimum absolute atomic E-state index is 0.0173. The molecule has 1 heterocycles. The van der Waals surface area contributed by atoms with Crippen LogP contribution in [0.3, 0.4) is 0 Å². The first-order valence-electron chi connectivity index (χ1n) is 8.27. The molecular weight excluding hydrogens is 424 g/mol. The third-order valence-electron chi connectivity index (χ3n) is 3.70. The predicted octanol–water partition coefficient (Wildman–Crippen LogP) is 5.78. The summed E-state index contributed by atoms with van der Waals surface area (Å²) in [5.41, 5.74) is -4.08. The van der Waals surface area contributed by atoms with Crippen LogP contribution in [0.1, 0.15) is 50.6 Å². The van der Waals surface area contributed by atoms with E-state index >= 15 is 0 Å². The van der Waals surface area contributed by atoms with Gasteiger partial charge in [-0.15, -0.1) is 11.3 Å². The Bertz CT molecular complexity index is 885. The maximum atomic E-state index is 13.0. The van der Waals surface area contributed by atoms with E-state index in [9.17, 15) is 35.9 Å². The van der Waals surface area contributed by atoms with E-state index in [1.165, 1.54) is 6.07 Å². The molecule has 4 nitrogen and oxygen atoms in total. The van der Waals surface area contributed by atoms with Gasteiger partial charge in [-0.05, 0) is 37.6 Å². The van der Waals surface area contributed by atoms with Gasteiger partial charge in [-0.25, -0.2) is 4.79 Å². The standard InChI is InChI=1S/C18H15F6NO3S/c1-3-12-8-13(16(27)28-4-2)15(29-12)25-14(26)9-5-10(17(19,20)21)7-11(6-9)18(22,23)24/h5-8H,3-4H2,1-2H3,(H,25,26). The Balaban J connectivity index is 2.46. The van der Waals surface area contributed by atoms with Crippen molar-refractivity contribution in [1.82, 2.24) is 0 Å². The van der Waals surface area contributed by atoms with Crippen LogP contribution in [-0.2, 0) is 23.5 Å². The summed E-state index contributed by atoms with van der Waals surface area (Å²) in [7, 11) is 0. The molecule has 0 radical (unpaired) electrons. The molecule has 2 rings (SSSR count). The van der Waals surface area contributed by atoms with Crippen LogP contribution in [0.4, 0.5) is 31.3 Å². The third-order valence-corrected chi connectivity index (χ3v) is 4.90. The molecule has 11 heteroatoms. The molecule has 0 aliphatic heterocycles. The first kappa shape index (κ1) is 22.7. The topological polar surface area (TPSA) is 55.4 Å². The second-order valence-electron chi connectivity index (χ2n) is 5.78. The van der Waals surface area contributed by atoms with Gasteiger partial charge in [0.2, 0.25) is 0 Å². The summed E-state index contributed by atoms with van der Waals surface area (Å²) in [6.07, 6.45) is -9.66. The van der Waals surface area contributed by atoms with Gasteiger partial charge in [0, 0.05) is 10.4 Å². The van der Waals surface area contributed by atoms with Crippen molar-refractivity contribution in [1.29, 1.82) is 0 Å². The smallest absolute Gasteiger partial charge is 0.416 e. The first-order valence-corrected chi connectivity index (χ1v) is 9.09. The fourth-order valence-electron chi connectivity index (χ4n) is 2.33. The molecule has 0 atom stereocenters. The van der Waals surface area contributed by atoms with Crippen molar-refractivity contribution in [3.8, 4) is 0 Å². The molecule has 0 saturated heterocycles. The van der Waals surface area contributed by atoms with Crippen LogP contribution < -0.4 is 5.32 Å². The summed E-state index contributed by atoms with van der Waals surface area (Å²) >= 11 is 0.979. The number of alkyl halides is 6. The lowest BCUT2D eigenvalue weighted by Gasteiger charge is -2.14. The molecule has 0 saturated carbocycles. The van der Waals surface area contributed by atoms with Crippen LogP contribution in [-0.4, -0.2) is 18.5 Å². The summed E-state index contributed by atoms with van der Waals surface area (Å²) in [5.74, 6) is -1.98. The zero-order valence-electron chi connectivity index (χ0n) is 15.1. The van der Waals surface area contributed by atoms with Crippen LogP contribution >= 0.6 is 11.3 Å². The Labute approximate surface area is 165 Å². The second-order valence-corrected chi connectivity index (χ2v) is 6.91. The summed E-state index contributed by atoms with van der Waals surface area (Å²) in [4.78, 5) is 25.1. The number of thiophene rings is 1. The molecule has 1 aromatic carbocycles. The molecule has 1 aromatic heterocycles. The van der Waals surface area contributed by atoms with Crippen molar-refractivity contribution in [2.24, 2.45) is 0 Å². The zero-order valence-corrected chi connectivity index (χ0v) is 15.9. The van der Waals surface area contributed by atoms with E-state index in [1.807, 2.05) is 0 Å².